The van der Waals surface area contributed by atoms with Crippen LogP contribution in [0.3, 0.4) is 0 Å². The van der Waals surface area contributed by atoms with Crippen molar-refractivity contribution in [3.8, 4) is 11.8 Å². The molecule has 0 radical (unpaired) electrons. The van der Waals surface area contributed by atoms with Crippen molar-refractivity contribution < 1.29 is 19.7 Å². The predicted molar refractivity (Wildman–Crippen MR) is 101 cm³/mol. The van der Waals surface area contributed by atoms with Crippen LogP contribution < -0.4 is 0 Å². The Morgan fingerprint density at radius 2 is 1.44 bits per heavy atom. The van der Waals surface area contributed by atoms with E-state index in [0.29, 0.717) is 26.1 Å². The predicted octanol–water partition coefficient (Wildman–Crippen LogP) is 2.74. The second kappa shape index (κ2) is 19.2. The zero-order valence-corrected chi connectivity index (χ0v) is 16.0. The van der Waals surface area contributed by atoms with Crippen LogP contribution in [0.5, 0.6) is 0 Å². The van der Waals surface area contributed by atoms with E-state index in [9.17, 15) is 4.79 Å². The quantitative estimate of drug-likeness (QED) is 0.253. The first-order valence-corrected chi connectivity index (χ1v) is 9.80. The summed E-state index contributed by atoms with van der Waals surface area (Å²) < 4.78 is 5.09. The molecule has 0 aliphatic rings. The molecule has 0 unspecified atom stereocenters. The summed E-state index contributed by atoms with van der Waals surface area (Å²) in [5, 5.41) is 17.8. The van der Waals surface area contributed by atoms with Crippen LogP contribution in [0.15, 0.2) is 0 Å². The number of hydrogen-bond donors (Lipinski definition) is 2. The minimum absolute atomic E-state index is 0.0371. The number of carbonyl (C=O) groups excluding carboxylic acids is 1. The normalized spacial score (nSPS) is 10.6. The highest BCUT2D eigenvalue weighted by atomic mass is 16.5. The summed E-state index contributed by atoms with van der Waals surface area (Å²) in [6, 6.07) is 0. The lowest BCUT2D eigenvalue weighted by Crippen LogP contribution is -2.30. The number of rotatable bonds is 16. The third-order valence-electron chi connectivity index (χ3n) is 4.05. The summed E-state index contributed by atoms with van der Waals surface area (Å²) in [5.41, 5.74) is 0. The number of carbonyl (C=O) groups is 1. The second-order valence-electron chi connectivity index (χ2n) is 6.32. The molecule has 5 heteroatoms. The van der Waals surface area contributed by atoms with Crippen LogP contribution in [-0.4, -0.2) is 60.5 Å². The summed E-state index contributed by atoms with van der Waals surface area (Å²) >= 11 is 0. The molecule has 2 N–H and O–H groups in total. The van der Waals surface area contributed by atoms with Gasteiger partial charge in [0.15, 0.2) is 6.61 Å². The van der Waals surface area contributed by atoms with Crippen molar-refractivity contribution in [3.05, 3.63) is 0 Å². The van der Waals surface area contributed by atoms with E-state index < -0.39 is 0 Å². The van der Waals surface area contributed by atoms with Gasteiger partial charge < -0.3 is 14.9 Å². The van der Waals surface area contributed by atoms with Crippen molar-refractivity contribution in [2.45, 2.75) is 71.1 Å². The Morgan fingerprint density at radius 1 is 0.880 bits per heavy atom. The van der Waals surface area contributed by atoms with E-state index in [0.717, 1.165) is 12.8 Å². The number of aliphatic hydroxyl groups excluding tert-OH is 2. The van der Waals surface area contributed by atoms with Gasteiger partial charge in [-0.2, -0.15) is 0 Å². The fraction of sp³-hybridized carbons (Fsp3) is 0.850. The van der Waals surface area contributed by atoms with Gasteiger partial charge in [-0.25, -0.2) is 0 Å². The SMILES string of the molecule is CCCCCCCCCCCC(=O)OCC#CCN(CCO)CCO. The van der Waals surface area contributed by atoms with E-state index in [1.54, 1.807) is 0 Å². The molecule has 0 aromatic carbocycles. The van der Waals surface area contributed by atoms with E-state index in [1.807, 2.05) is 4.90 Å². The lowest BCUT2D eigenvalue weighted by Gasteiger charge is -2.16. The van der Waals surface area contributed by atoms with Crippen molar-refractivity contribution in [2.75, 3.05) is 39.5 Å². The third kappa shape index (κ3) is 17.5. The molecule has 0 aromatic heterocycles. The fourth-order valence-electron chi connectivity index (χ4n) is 2.54. The Labute approximate surface area is 153 Å². The molecule has 0 saturated carbocycles. The Hall–Kier alpha value is -1.09. The van der Waals surface area contributed by atoms with Crippen LogP contribution in [0.2, 0.25) is 0 Å². The molecule has 0 bridgehead atoms. The first-order valence-electron chi connectivity index (χ1n) is 9.80. The smallest absolute Gasteiger partial charge is 0.306 e. The number of hydrogen-bond acceptors (Lipinski definition) is 5. The average Bonchev–Trinajstić information content (AvgIpc) is 2.60. The number of ether oxygens (including phenoxy) is 1. The molecule has 0 fully saturated rings. The molecule has 0 heterocycles. The van der Waals surface area contributed by atoms with Crippen molar-refractivity contribution in [3.63, 3.8) is 0 Å². The lowest BCUT2D eigenvalue weighted by atomic mass is 10.1. The van der Waals surface area contributed by atoms with Gasteiger partial charge in [-0.05, 0) is 6.42 Å². The third-order valence-corrected chi connectivity index (χ3v) is 4.05. The van der Waals surface area contributed by atoms with Crippen LogP contribution in [0.25, 0.3) is 0 Å². The van der Waals surface area contributed by atoms with Gasteiger partial charge in [0.25, 0.3) is 0 Å². The maximum absolute atomic E-state index is 11.6. The zero-order valence-electron chi connectivity index (χ0n) is 16.0. The molecule has 25 heavy (non-hydrogen) atoms. The highest BCUT2D eigenvalue weighted by molar-refractivity contribution is 5.69. The van der Waals surface area contributed by atoms with Gasteiger partial charge in [-0.15, -0.1) is 0 Å². The van der Waals surface area contributed by atoms with Gasteiger partial charge in [0.2, 0.25) is 0 Å². The van der Waals surface area contributed by atoms with Gasteiger partial charge in [0.1, 0.15) is 0 Å². The Kier molecular flexibility index (Phi) is 18.4. The first kappa shape index (κ1) is 23.9. The van der Waals surface area contributed by atoms with E-state index in [-0.39, 0.29) is 25.8 Å². The van der Waals surface area contributed by atoms with Crippen LogP contribution in [0.4, 0.5) is 0 Å². The Bertz CT molecular complexity index is 356. The average molecular weight is 356 g/mol. The van der Waals surface area contributed by atoms with Crippen LogP contribution in [-0.2, 0) is 9.53 Å². The lowest BCUT2D eigenvalue weighted by molar-refractivity contribution is -0.142. The molecule has 5 nitrogen and oxygen atoms in total. The molecule has 0 atom stereocenters. The van der Waals surface area contributed by atoms with Crippen LogP contribution >= 0.6 is 0 Å². The summed E-state index contributed by atoms with van der Waals surface area (Å²) in [6.07, 6.45) is 11.5. The van der Waals surface area contributed by atoms with Gasteiger partial charge in [-0.1, -0.05) is 70.1 Å². The molecule has 0 aliphatic heterocycles. The maximum atomic E-state index is 11.6. The van der Waals surface area contributed by atoms with Gasteiger partial charge >= 0.3 is 5.97 Å². The van der Waals surface area contributed by atoms with E-state index >= 15 is 0 Å². The van der Waals surface area contributed by atoms with E-state index in [4.69, 9.17) is 14.9 Å². The number of nitrogens with zero attached hydrogens (tertiary/aromatic N) is 1. The van der Waals surface area contributed by atoms with Crippen molar-refractivity contribution in [1.82, 2.24) is 4.90 Å². The summed E-state index contributed by atoms with van der Waals surface area (Å²) in [6.45, 7) is 3.83. The van der Waals surface area contributed by atoms with E-state index in [1.165, 1.54) is 44.9 Å². The van der Waals surface area contributed by atoms with Gasteiger partial charge in [0.05, 0.1) is 19.8 Å². The molecule has 0 saturated heterocycles. The molecule has 146 valence electrons. The standard InChI is InChI=1S/C20H37NO4/c1-2-3-4-5-6-7-8-9-10-13-20(24)25-19-12-11-14-21(15-17-22)16-18-23/h22-23H,2-10,13-19H2,1H3. The fourth-order valence-corrected chi connectivity index (χ4v) is 2.54. The summed E-state index contributed by atoms with van der Waals surface area (Å²) in [7, 11) is 0. The topological polar surface area (TPSA) is 70.0 Å². The molecular weight excluding hydrogens is 318 g/mol. The zero-order chi connectivity index (χ0) is 18.6. The maximum Gasteiger partial charge on any atom is 0.306 e. The van der Waals surface area contributed by atoms with E-state index in [2.05, 4.69) is 18.8 Å². The first-order chi connectivity index (χ1) is 12.2. The molecule has 0 aliphatic carbocycles. The van der Waals surface area contributed by atoms with Crippen molar-refractivity contribution >= 4 is 5.97 Å². The molecule has 0 rings (SSSR count). The minimum atomic E-state index is -0.181. The number of unbranched alkanes of at least 4 members (excludes halogenated alkanes) is 8. The van der Waals surface area contributed by atoms with Crippen molar-refractivity contribution in [2.24, 2.45) is 0 Å². The summed E-state index contributed by atoms with van der Waals surface area (Å²) in [4.78, 5) is 13.4. The molecule has 0 amide bonds. The van der Waals surface area contributed by atoms with Gasteiger partial charge in [0, 0.05) is 19.5 Å². The van der Waals surface area contributed by atoms with Gasteiger partial charge in [-0.3, -0.25) is 9.69 Å². The summed E-state index contributed by atoms with van der Waals surface area (Å²) in [5.74, 6) is 5.51. The highest BCUT2D eigenvalue weighted by Crippen LogP contribution is 2.10. The minimum Gasteiger partial charge on any atom is -0.452 e. The Balaban J connectivity index is 3.51. The Morgan fingerprint density at radius 3 is 2.00 bits per heavy atom. The molecular formula is C20H37NO4. The number of aliphatic hydroxyl groups is 2. The second-order valence-corrected chi connectivity index (χ2v) is 6.32. The van der Waals surface area contributed by atoms with Crippen LogP contribution in [0, 0.1) is 11.8 Å². The van der Waals surface area contributed by atoms with Crippen molar-refractivity contribution in [1.29, 1.82) is 0 Å². The molecule has 0 aromatic rings. The largest absolute Gasteiger partial charge is 0.452 e. The molecule has 0 spiro atoms. The van der Waals surface area contributed by atoms with Crippen LogP contribution in [0.1, 0.15) is 71.1 Å². The highest BCUT2D eigenvalue weighted by Gasteiger charge is 2.02. The number of esters is 1. The monoisotopic (exact) mass is 355 g/mol.